The van der Waals surface area contributed by atoms with Gasteiger partial charge in [-0.3, -0.25) is 0 Å². The van der Waals surface area contributed by atoms with Crippen LogP contribution in [0.25, 0.3) is 0 Å². The fourth-order valence-electron chi connectivity index (χ4n) is 3.79. The average molecular weight is 273 g/mol. The molecule has 1 aliphatic rings. The van der Waals surface area contributed by atoms with Gasteiger partial charge in [0.2, 0.25) is 0 Å². The van der Waals surface area contributed by atoms with Crippen molar-refractivity contribution in [3.05, 3.63) is 35.9 Å². The fraction of sp³-hybridized carbons (Fsp3) is 0.684. The van der Waals surface area contributed by atoms with Crippen LogP contribution in [0, 0.1) is 17.8 Å². The molecular formula is C19H31N. The molecule has 2 rings (SSSR count). The highest BCUT2D eigenvalue weighted by Crippen LogP contribution is 2.33. The molecular weight excluding hydrogens is 242 g/mol. The molecule has 1 saturated carbocycles. The third-order valence-corrected chi connectivity index (χ3v) is 4.91. The summed E-state index contributed by atoms with van der Waals surface area (Å²) in [6.45, 7) is 9.52. The third-order valence-electron chi connectivity index (χ3n) is 4.91. The summed E-state index contributed by atoms with van der Waals surface area (Å²) >= 11 is 0. The van der Waals surface area contributed by atoms with Crippen molar-refractivity contribution in [1.82, 2.24) is 5.32 Å². The Bertz CT molecular complexity index is 384. The Kier molecular flexibility index (Phi) is 5.65. The van der Waals surface area contributed by atoms with E-state index in [-0.39, 0.29) is 0 Å². The van der Waals surface area contributed by atoms with Crippen molar-refractivity contribution < 1.29 is 0 Å². The van der Waals surface area contributed by atoms with Gasteiger partial charge in [0.1, 0.15) is 0 Å². The first-order valence-electron chi connectivity index (χ1n) is 8.36. The van der Waals surface area contributed by atoms with Gasteiger partial charge in [0.15, 0.2) is 0 Å². The van der Waals surface area contributed by atoms with Gasteiger partial charge in [-0.15, -0.1) is 0 Å². The second kappa shape index (κ2) is 7.26. The van der Waals surface area contributed by atoms with E-state index in [9.17, 15) is 0 Å². The first-order chi connectivity index (χ1) is 9.56. The first-order valence-corrected chi connectivity index (χ1v) is 8.36. The van der Waals surface area contributed by atoms with Crippen molar-refractivity contribution in [1.29, 1.82) is 0 Å². The maximum atomic E-state index is 3.93. The van der Waals surface area contributed by atoms with E-state index in [0.717, 1.165) is 24.2 Å². The second-order valence-electron chi connectivity index (χ2n) is 7.19. The Balaban J connectivity index is 1.92. The van der Waals surface area contributed by atoms with Gasteiger partial charge >= 0.3 is 0 Å². The van der Waals surface area contributed by atoms with Gasteiger partial charge in [0.25, 0.3) is 0 Å². The average Bonchev–Trinajstić information content (AvgIpc) is 2.39. The molecule has 1 nitrogen and oxygen atoms in total. The smallest absolute Gasteiger partial charge is 0.0103 e. The summed E-state index contributed by atoms with van der Waals surface area (Å²) in [5.74, 6) is 2.53. The van der Waals surface area contributed by atoms with Crippen LogP contribution in [0.1, 0.15) is 52.5 Å². The monoisotopic (exact) mass is 273 g/mol. The zero-order valence-electron chi connectivity index (χ0n) is 13.6. The Hall–Kier alpha value is -0.820. The molecule has 1 N–H and O–H groups in total. The molecule has 4 atom stereocenters. The number of hydrogen-bond donors (Lipinski definition) is 1. The molecule has 1 fully saturated rings. The van der Waals surface area contributed by atoms with E-state index in [1.54, 1.807) is 0 Å². The van der Waals surface area contributed by atoms with E-state index in [0.29, 0.717) is 12.1 Å². The minimum Gasteiger partial charge on any atom is -0.311 e. The predicted molar refractivity (Wildman–Crippen MR) is 87.9 cm³/mol. The van der Waals surface area contributed by atoms with E-state index >= 15 is 0 Å². The zero-order valence-corrected chi connectivity index (χ0v) is 13.6. The van der Waals surface area contributed by atoms with Gasteiger partial charge in [-0.25, -0.2) is 0 Å². The van der Waals surface area contributed by atoms with Crippen LogP contribution in [-0.2, 0) is 6.42 Å². The molecule has 1 aromatic rings. The zero-order chi connectivity index (χ0) is 14.5. The minimum absolute atomic E-state index is 0.564. The summed E-state index contributed by atoms with van der Waals surface area (Å²) in [7, 11) is 0. The maximum absolute atomic E-state index is 3.93. The number of hydrogen-bond acceptors (Lipinski definition) is 1. The molecule has 0 saturated heterocycles. The lowest BCUT2D eigenvalue weighted by molar-refractivity contribution is 0.161. The van der Waals surface area contributed by atoms with Crippen LogP contribution in [0.15, 0.2) is 30.3 Å². The summed E-state index contributed by atoms with van der Waals surface area (Å²) in [4.78, 5) is 0. The molecule has 112 valence electrons. The first kappa shape index (κ1) is 15.6. The molecule has 0 radical (unpaired) electrons. The molecule has 1 aromatic carbocycles. The van der Waals surface area contributed by atoms with E-state index in [2.05, 4.69) is 63.3 Å². The Morgan fingerprint density at radius 3 is 2.45 bits per heavy atom. The molecule has 4 unspecified atom stereocenters. The fourth-order valence-corrected chi connectivity index (χ4v) is 3.79. The standard InChI is InChI=1S/C19H31N/c1-14(2)18-11-10-15(3)12-19(18)20-16(4)13-17-8-6-5-7-9-17/h5-9,14-16,18-20H,10-13H2,1-4H3. The van der Waals surface area contributed by atoms with Crippen LogP contribution in [-0.4, -0.2) is 12.1 Å². The van der Waals surface area contributed by atoms with Crippen LogP contribution in [0.4, 0.5) is 0 Å². The minimum atomic E-state index is 0.564. The summed E-state index contributed by atoms with van der Waals surface area (Å²) in [6, 6.07) is 12.1. The molecule has 0 spiro atoms. The Morgan fingerprint density at radius 2 is 1.80 bits per heavy atom. The molecule has 0 bridgehead atoms. The highest BCUT2D eigenvalue weighted by Gasteiger charge is 2.31. The summed E-state index contributed by atoms with van der Waals surface area (Å²) < 4.78 is 0. The normalized spacial score (nSPS) is 28.6. The van der Waals surface area contributed by atoms with Crippen LogP contribution >= 0.6 is 0 Å². The van der Waals surface area contributed by atoms with Gasteiger partial charge in [-0.05, 0) is 49.5 Å². The number of benzene rings is 1. The van der Waals surface area contributed by atoms with Crippen LogP contribution in [0.2, 0.25) is 0 Å². The van der Waals surface area contributed by atoms with E-state index < -0.39 is 0 Å². The summed E-state index contributed by atoms with van der Waals surface area (Å²) in [5, 5.41) is 3.93. The van der Waals surface area contributed by atoms with Crippen molar-refractivity contribution in [2.75, 3.05) is 0 Å². The van der Waals surface area contributed by atoms with Crippen molar-refractivity contribution >= 4 is 0 Å². The van der Waals surface area contributed by atoms with Crippen LogP contribution in [0.3, 0.4) is 0 Å². The van der Waals surface area contributed by atoms with E-state index in [1.807, 2.05) is 0 Å². The maximum Gasteiger partial charge on any atom is 0.0103 e. The summed E-state index contributed by atoms with van der Waals surface area (Å²) in [6.07, 6.45) is 5.29. The number of nitrogens with one attached hydrogen (secondary N) is 1. The third kappa shape index (κ3) is 4.34. The highest BCUT2D eigenvalue weighted by molar-refractivity contribution is 5.15. The molecule has 0 heterocycles. The Labute approximate surface area is 125 Å². The van der Waals surface area contributed by atoms with E-state index in [4.69, 9.17) is 0 Å². The molecule has 1 aliphatic carbocycles. The molecule has 0 aliphatic heterocycles. The second-order valence-corrected chi connectivity index (χ2v) is 7.19. The van der Waals surface area contributed by atoms with E-state index in [1.165, 1.54) is 24.8 Å². The Morgan fingerprint density at radius 1 is 1.10 bits per heavy atom. The quantitative estimate of drug-likeness (QED) is 0.822. The summed E-state index contributed by atoms with van der Waals surface area (Å²) in [5.41, 5.74) is 1.44. The lowest BCUT2D eigenvalue weighted by atomic mass is 9.73. The van der Waals surface area contributed by atoms with Gasteiger partial charge in [-0.1, -0.05) is 57.5 Å². The number of rotatable bonds is 5. The van der Waals surface area contributed by atoms with Crippen molar-refractivity contribution in [3.63, 3.8) is 0 Å². The SMILES string of the molecule is CC1CCC(C(C)C)C(NC(C)Cc2ccccc2)C1. The van der Waals surface area contributed by atoms with Crippen molar-refractivity contribution in [2.45, 2.75) is 65.5 Å². The lowest BCUT2D eigenvalue weighted by Crippen LogP contribution is -2.47. The van der Waals surface area contributed by atoms with Crippen LogP contribution < -0.4 is 5.32 Å². The molecule has 20 heavy (non-hydrogen) atoms. The topological polar surface area (TPSA) is 12.0 Å². The highest BCUT2D eigenvalue weighted by atomic mass is 15.0. The van der Waals surface area contributed by atoms with Gasteiger partial charge in [0, 0.05) is 12.1 Å². The van der Waals surface area contributed by atoms with Crippen LogP contribution in [0.5, 0.6) is 0 Å². The van der Waals surface area contributed by atoms with Crippen molar-refractivity contribution in [2.24, 2.45) is 17.8 Å². The van der Waals surface area contributed by atoms with Gasteiger partial charge in [-0.2, -0.15) is 0 Å². The molecule has 0 aromatic heterocycles. The van der Waals surface area contributed by atoms with Gasteiger partial charge < -0.3 is 5.32 Å². The lowest BCUT2D eigenvalue weighted by Gasteiger charge is -2.39. The molecule has 1 heteroatoms. The largest absolute Gasteiger partial charge is 0.311 e. The van der Waals surface area contributed by atoms with Crippen molar-refractivity contribution in [3.8, 4) is 0 Å². The predicted octanol–water partition coefficient (Wildman–Crippen LogP) is 4.67. The van der Waals surface area contributed by atoms with Gasteiger partial charge in [0.05, 0.1) is 0 Å². The molecule has 0 amide bonds.